The Hall–Kier alpha value is -1.69. The van der Waals surface area contributed by atoms with Crippen LogP contribution >= 0.6 is 11.8 Å². The van der Waals surface area contributed by atoms with Gasteiger partial charge in [0.15, 0.2) is 0 Å². The summed E-state index contributed by atoms with van der Waals surface area (Å²) in [6.07, 6.45) is 2.59. The van der Waals surface area contributed by atoms with Crippen molar-refractivity contribution in [2.45, 2.75) is 50.1 Å². The molecular weight excluding hydrogens is 310 g/mol. The van der Waals surface area contributed by atoms with Crippen LogP contribution in [-0.2, 0) is 4.79 Å². The smallest absolute Gasteiger partial charge is 0.315 e. The third-order valence-corrected chi connectivity index (χ3v) is 4.77. The number of amides is 3. The number of hydrogen-bond acceptors (Lipinski definition) is 3. The maximum absolute atomic E-state index is 12.1. The minimum absolute atomic E-state index is 0.0914. The van der Waals surface area contributed by atoms with Crippen LogP contribution in [0.15, 0.2) is 29.2 Å². The lowest BCUT2D eigenvalue weighted by Gasteiger charge is -2.19. The Bertz CT molecular complexity index is 533. The summed E-state index contributed by atoms with van der Waals surface area (Å²) < 4.78 is 0. The normalized spacial score (nSPS) is 19.4. The molecule has 1 fully saturated rings. The SMILES string of the molecule is CCSc1ccc([C@H](C)NC(=O)N[C@H]2CCCCNC2=O)cc1. The molecule has 6 heteroatoms. The Morgan fingerprint density at radius 3 is 2.78 bits per heavy atom. The molecule has 2 rings (SSSR count). The molecule has 3 N–H and O–H groups in total. The number of carbonyl (C=O) groups excluding carboxylic acids is 2. The van der Waals surface area contributed by atoms with Gasteiger partial charge in [-0.15, -0.1) is 11.8 Å². The number of hydrogen-bond donors (Lipinski definition) is 3. The molecule has 1 saturated heterocycles. The van der Waals surface area contributed by atoms with Crippen molar-refractivity contribution in [1.82, 2.24) is 16.0 Å². The molecule has 3 amide bonds. The monoisotopic (exact) mass is 335 g/mol. The van der Waals surface area contributed by atoms with Crippen molar-refractivity contribution >= 4 is 23.7 Å². The number of nitrogens with one attached hydrogen (secondary N) is 3. The Morgan fingerprint density at radius 1 is 1.35 bits per heavy atom. The molecule has 0 saturated carbocycles. The number of carbonyl (C=O) groups is 2. The van der Waals surface area contributed by atoms with Crippen molar-refractivity contribution < 1.29 is 9.59 Å². The van der Waals surface area contributed by atoms with E-state index in [9.17, 15) is 9.59 Å². The molecule has 126 valence electrons. The summed E-state index contributed by atoms with van der Waals surface area (Å²) in [6.45, 7) is 4.75. The largest absolute Gasteiger partial charge is 0.354 e. The summed E-state index contributed by atoms with van der Waals surface area (Å²) in [5, 5.41) is 8.49. The van der Waals surface area contributed by atoms with Crippen molar-refractivity contribution in [2.75, 3.05) is 12.3 Å². The first-order valence-electron chi connectivity index (χ1n) is 8.17. The van der Waals surface area contributed by atoms with Gasteiger partial charge in [-0.05, 0) is 49.6 Å². The van der Waals surface area contributed by atoms with Crippen LogP contribution in [0.1, 0.15) is 44.7 Å². The van der Waals surface area contributed by atoms with E-state index < -0.39 is 6.04 Å². The summed E-state index contributed by atoms with van der Waals surface area (Å²) in [5.41, 5.74) is 1.05. The number of thioether (sulfide) groups is 1. The second kappa shape index (κ2) is 8.82. The van der Waals surface area contributed by atoms with Crippen LogP contribution in [0.3, 0.4) is 0 Å². The molecule has 0 unspecified atom stereocenters. The predicted octanol–water partition coefficient (Wildman–Crippen LogP) is 2.83. The second-order valence-electron chi connectivity index (χ2n) is 5.68. The molecule has 23 heavy (non-hydrogen) atoms. The van der Waals surface area contributed by atoms with Crippen molar-refractivity contribution in [3.63, 3.8) is 0 Å². The maximum atomic E-state index is 12.1. The molecule has 1 aromatic carbocycles. The highest BCUT2D eigenvalue weighted by Gasteiger charge is 2.22. The predicted molar refractivity (Wildman–Crippen MR) is 93.6 cm³/mol. The zero-order valence-electron chi connectivity index (χ0n) is 13.7. The fourth-order valence-electron chi connectivity index (χ4n) is 2.58. The Morgan fingerprint density at radius 2 is 2.09 bits per heavy atom. The third kappa shape index (κ3) is 5.46. The Balaban J connectivity index is 1.87. The van der Waals surface area contributed by atoms with Crippen molar-refractivity contribution in [3.8, 4) is 0 Å². The fourth-order valence-corrected chi connectivity index (χ4v) is 3.24. The molecule has 5 nitrogen and oxygen atoms in total. The summed E-state index contributed by atoms with van der Waals surface area (Å²) >= 11 is 1.79. The Kier molecular flexibility index (Phi) is 6.77. The van der Waals surface area contributed by atoms with Gasteiger partial charge in [-0.3, -0.25) is 4.79 Å². The zero-order chi connectivity index (χ0) is 16.7. The van der Waals surface area contributed by atoms with E-state index in [2.05, 4.69) is 35.0 Å². The molecule has 0 radical (unpaired) electrons. The van der Waals surface area contributed by atoms with Gasteiger partial charge in [-0.2, -0.15) is 0 Å². The van der Waals surface area contributed by atoms with E-state index in [1.807, 2.05) is 19.1 Å². The first-order chi connectivity index (χ1) is 11.1. The quantitative estimate of drug-likeness (QED) is 0.725. The van der Waals surface area contributed by atoms with Gasteiger partial charge in [0, 0.05) is 11.4 Å². The molecule has 1 heterocycles. The first-order valence-corrected chi connectivity index (χ1v) is 9.16. The molecular formula is C17H25N3O2S. The van der Waals surface area contributed by atoms with E-state index in [0.29, 0.717) is 13.0 Å². The van der Waals surface area contributed by atoms with E-state index in [1.165, 1.54) is 4.90 Å². The maximum Gasteiger partial charge on any atom is 0.315 e. The van der Waals surface area contributed by atoms with E-state index in [0.717, 1.165) is 24.2 Å². The molecule has 0 aliphatic carbocycles. The van der Waals surface area contributed by atoms with Gasteiger partial charge in [0.1, 0.15) is 6.04 Å². The average Bonchev–Trinajstić information content (AvgIpc) is 2.73. The molecule has 1 aliphatic heterocycles. The lowest BCUT2D eigenvalue weighted by molar-refractivity contribution is -0.122. The van der Waals surface area contributed by atoms with Gasteiger partial charge < -0.3 is 16.0 Å². The van der Waals surface area contributed by atoms with Crippen molar-refractivity contribution in [3.05, 3.63) is 29.8 Å². The molecule has 0 spiro atoms. The lowest BCUT2D eigenvalue weighted by Crippen LogP contribution is -2.49. The average molecular weight is 335 g/mol. The lowest BCUT2D eigenvalue weighted by atomic mass is 10.1. The number of rotatable bonds is 5. The minimum atomic E-state index is -0.437. The summed E-state index contributed by atoms with van der Waals surface area (Å²) in [5.74, 6) is 0.949. The van der Waals surface area contributed by atoms with Crippen LogP contribution in [0.5, 0.6) is 0 Å². The van der Waals surface area contributed by atoms with Gasteiger partial charge in [-0.25, -0.2) is 4.79 Å². The standard InChI is InChI=1S/C17H25N3O2S/c1-3-23-14-9-7-13(8-10-14)12(2)19-17(22)20-15-6-4-5-11-18-16(15)21/h7-10,12,15H,3-6,11H2,1-2H3,(H,18,21)(H2,19,20,22)/t12-,15-/m0/s1. The Labute approximate surface area is 142 Å². The van der Waals surface area contributed by atoms with Gasteiger partial charge in [0.2, 0.25) is 5.91 Å². The van der Waals surface area contributed by atoms with Crippen LogP contribution < -0.4 is 16.0 Å². The third-order valence-electron chi connectivity index (χ3n) is 3.88. The summed E-state index contributed by atoms with van der Waals surface area (Å²) in [6, 6.07) is 7.35. The van der Waals surface area contributed by atoms with Crippen molar-refractivity contribution in [2.24, 2.45) is 0 Å². The van der Waals surface area contributed by atoms with Crippen LogP contribution in [0, 0.1) is 0 Å². The number of benzene rings is 1. The van der Waals surface area contributed by atoms with Gasteiger partial charge in [-0.1, -0.05) is 19.1 Å². The topological polar surface area (TPSA) is 70.2 Å². The van der Waals surface area contributed by atoms with E-state index in [-0.39, 0.29) is 18.0 Å². The molecule has 1 aromatic rings. The van der Waals surface area contributed by atoms with E-state index in [1.54, 1.807) is 11.8 Å². The van der Waals surface area contributed by atoms with E-state index in [4.69, 9.17) is 0 Å². The van der Waals surface area contributed by atoms with Crippen molar-refractivity contribution in [1.29, 1.82) is 0 Å². The summed E-state index contributed by atoms with van der Waals surface area (Å²) in [7, 11) is 0. The van der Waals surface area contributed by atoms with Gasteiger partial charge >= 0.3 is 6.03 Å². The minimum Gasteiger partial charge on any atom is -0.354 e. The number of urea groups is 1. The summed E-state index contributed by atoms with van der Waals surface area (Å²) in [4.78, 5) is 25.2. The first kappa shape index (κ1) is 17.7. The highest BCUT2D eigenvalue weighted by atomic mass is 32.2. The second-order valence-corrected chi connectivity index (χ2v) is 7.02. The van der Waals surface area contributed by atoms with Crippen LogP contribution in [0.25, 0.3) is 0 Å². The van der Waals surface area contributed by atoms with Gasteiger partial charge in [0.05, 0.1) is 6.04 Å². The van der Waals surface area contributed by atoms with E-state index >= 15 is 0 Å². The van der Waals surface area contributed by atoms with Crippen LogP contribution in [0.4, 0.5) is 4.79 Å². The fraction of sp³-hybridized carbons (Fsp3) is 0.529. The molecule has 1 aliphatic rings. The van der Waals surface area contributed by atoms with Crippen LogP contribution in [0.2, 0.25) is 0 Å². The molecule has 0 bridgehead atoms. The zero-order valence-corrected chi connectivity index (χ0v) is 14.5. The highest BCUT2D eigenvalue weighted by Crippen LogP contribution is 2.20. The highest BCUT2D eigenvalue weighted by molar-refractivity contribution is 7.99. The van der Waals surface area contributed by atoms with Crippen LogP contribution in [-0.4, -0.2) is 30.3 Å². The molecule has 2 atom stereocenters. The van der Waals surface area contributed by atoms with Gasteiger partial charge in [0.25, 0.3) is 0 Å². The molecule has 0 aromatic heterocycles.